The number of nitrogens with one attached hydrogen (secondary N) is 2. The van der Waals surface area contributed by atoms with E-state index in [9.17, 15) is 4.79 Å². The van der Waals surface area contributed by atoms with Crippen LogP contribution in [0.5, 0.6) is 0 Å². The smallest absolute Gasteiger partial charge is 0.270 e. The van der Waals surface area contributed by atoms with E-state index >= 15 is 0 Å². The third kappa shape index (κ3) is 5.03. The summed E-state index contributed by atoms with van der Waals surface area (Å²) < 4.78 is 0. The molecule has 0 spiro atoms. The first-order valence-corrected chi connectivity index (χ1v) is 8.19. The minimum atomic E-state index is -0.0448. The Balaban J connectivity index is 1.87. The fraction of sp³-hybridized carbons (Fsp3) is 0.647. The number of pyridine rings is 1. The largest absolute Gasteiger partial charge is 0.384 e. The van der Waals surface area contributed by atoms with Crippen LogP contribution in [0.25, 0.3) is 0 Å². The molecule has 21 heavy (non-hydrogen) atoms. The molecule has 0 aromatic carbocycles. The van der Waals surface area contributed by atoms with E-state index in [1.165, 1.54) is 19.3 Å². The summed E-state index contributed by atoms with van der Waals surface area (Å²) in [6, 6.07) is 4.03. The van der Waals surface area contributed by atoms with E-state index < -0.39 is 0 Å². The van der Waals surface area contributed by atoms with Crippen molar-refractivity contribution >= 4 is 11.6 Å². The second kappa shape index (κ2) is 8.01. The molecular formula is C17H27N3O. The van der Waals surface area contributed by atoms with Gasteiger partial charge in [0.2, 0.25) is 0 Å². The molecular weight excluding hydrogens is 262 g/mol. The number of carbonyl (C=O) groups excluding carboxylic acids is 1. The second-order valence-electron chi connectivity index (χ2n) is 6.14. The van der Waals surface area contributed by atoms with E-state index in [4.69, 9.17) is 0 Å². The van der Waals surface area contributed by atoms with Gasteiger partial charge in [0.25, 0.3) is 5.91 Å². The number of carbonyl (C=O) groups is 1. The first kappa shape index (κ1) is 15.8. The van der Waals surface area contributed by atoms with E-state index in [-0.39, 0.29) is 5.91 Å². The SMILES string of the molecule is CCCNc1ccc(C(=O)NC2CCCC(C)CC2)nc1. The zero-order chi connectivity index (χ0) is 15.1. The van der Waals surface area contributed by atoms with Crippen molar-refractivity contribution in [2.75, 3.05) is 11.9 Å². The fourth-order valence-electron chi connectivity index (χ4n) is 2.79. The standard InChI is InChI=1S/C17H27N3O/c1-3-11-18-15-9-10-16(19-12-15)17(21)20-14-6-4-5-13(2)7-8-14/h9-10,12-14,18H,3-8,11H2,1-2H3,(H,20,21). The summed E-state index contributed by atoms with van der Waals surface area (Å²) in [4.78, 5) is 16.5. The molecule has 2 N–H and O–H groups in total. The van der Waals surface area contributed by atoms with E-state index in [0.717, 1.165) is 37.4 Å². The lowest BCUT2D eigenvalue weighted by Gasteiger charge is -2.16. The summed E-state index contributed by atoms with van der Waals surface area (Å²) in [5.74, 6) is 0.741. The lowest BCUT2D eigenvalue weighted by molar-refractivity contribution is 0.0928. The number of aromatic nitrogens is 1. The zero-order valence-electron chi connectivity index (χ0n) is 13.2. The Morgan fingerprint density at radius 1 is 1.29 bits per heavy atom. The van der Waals surface area contributed by atoms with Crippen molar-refractivity contribution in [2.24, 2.45) is 5.92 Å². The van der Waals surface area contributed by atoms with Gasteiger partial charge in [-0.25, -0.2) is 4.98 Å². The zero-order valence-corrected chi connectivity index (χ0v) is 13.2. The summed E-state index contributed by atoms with van der Waals surface area (Å²) >= 11 is 0. The Morgan fingerprint density at radius 2 is 2.14 bits per heavy atom. The van der Waals surface area contributed by atoms with Crippen molar-refractivity contribution in [3.8, 4) is 0 Å². The minimum Gasteiger partial charge on any atom is -0.384 e. The maximum absolute atomic E-state index is 12.2. The molecule has 0 bridgehead atoms. The molecule has 2 rings (SSSR count). The molecule has 2 atom stereocenters. The molecule has 2 unspecified atom stereocenters. The fourth-order valence-corrected chi connectivity index (χ4v) is 2.79. The van der Waals surface area contributed by atoms with E-state index in [2.05, 4.69) is 29.5 Å². The van der Waals surface area contributed by atoms with Gasteiger partial charge >= 0.3 is 0 Å². The number of hydrogen-bond donors (Lipinski definition) is 2. The quantitative estimate of drug-likeness (QED) is 0.814. The van der Waals surface area contributed by atoms with Gasteiger partial charge < -0.3 is 10.6 Å². The summed E-state index contributed by atoms with van der Waals surface area (Å²) in [7, 11) is 0. The molecule has 116 valence electrons. The second-order valence-corrected chi connectivity index (χ2v) is 6.14. The minimum absolute atomic E-state index is 0.0448. The number of rotatable bonds is 5. The molecule has 0 saturated heterocycles. The molecule has 1 fully saturated rings. The van der Waals surface area contributed by atoms with E-state index in [0.29, 0.717) is 11.7 Å². The van der Waals surface area contributed by atoms with Crippen molar-refractivity contribution in [1.82, 2.24) is 10.3 Å². The predicted molar refractivity (Wildman–Crippen MR) is 86.5 cm³/mol. The van der Waals surface area contributed by atoms with E-state index in [1.807, 2.05) is 6.07 Å². The highest BCUT2D eigenvalue weighted by Gasteiger charge is 2.18. The lowest BCUT2D eigenvalue weighted by Crippen LogP contribution is -2.34. The Labute approximate surface area is 127 Å². The normalized spacial score (nSPS) is 22.4. The van der Waals surface area contributed by atoms with Crippen LogP contribution in [0.4, 0.5) is 5.69 Å². The number of anilines is 1. The highest BCUT2D eigenvalue weighted by Crippen LogP contribution is 2.22. The highest BCUT2D eigenvalue weighted by molar-refractivity contribution is 5.92. The number of amides is 1. The van der Waals surface area contributed by atoms with Crippen LogP contribution in [0.15, 0.2) is 18.3 Å². The molecule has 1 aromatic rings. The van der Waals surface area contributed by atoms with Crippen LogP contribution in [-0.4, -0.2) is 23.5 Å². The number of hydrogen-bond acceptors (Lipinski definition) is 3. The molecule has 1 saturated carbocycles. The molecule has 0 aliphatic heterocycles. The van der Waals surface area contributed by atoms with Crippen molar-refractivity contribution in [3.63, 3.8) is 0 Å². The van der Waals surface area contributed by atoms with Gasteiger partial charge in [-0.3, -0.25) is 4.79 Å². The molecule has 0 radical (unpaired) electrons. The van der Waals surface area contributed by atoms with Gasteiger partial charge in [0.05, 0.1) is 11.9 Å². The van der Waals surface area contributed by atoms with Gasteiger partial charge in [-0.1, -0.05) is 26.7 Å². The van der Waals surface area contributed by atoms with Crippen LogP contribution in [0.3, 0.4) is 0 Å². The lowest BCUT2D eigenvalue weighted by atomic mass is 10.0. The Morgan fingerprint density at radius 3 is 2.86 bits per heavy atom. The van der Waals surface area contributed by atoms with Crippen molar-refractivity contribution in [1.29, 1.82) is 0 Å². The highest BCUT2D eigenvalue weighted by atomic mass is 16.1. The molecule has 4 heteroatoms. The maximum atomic E-state index is 12.2. The third-order valence-electron chi connectivity index (χ3n) is 4.17. The van der Waals surface area contributed by atoms with Crippen molar-refractivity contribution in [3.05, 3.63) is 24.0 Å². The monoisotopic (exact) mass is 289 g/mol. The van der Waals surface area contributed by atoms with Gasteiger partial charge in [0.1, 0.15) is 5.69 Å². The van der Waals surface area contributed by atoms with Crippen LogP contribution in [0.1, 0.15) is 62.9 Å². The van der Waals surface area contributed by atoms with Gasteiger partial charge in [0.15, 0.2) is 0 Å². The maximum Gasteiger partial charge on any atom is 0.270 e. The molecule has 1 aliphatic carbocycles. The van der Waals surface area contributed by atoms with Gasteiger partial charge in [-0.15, -0.1) is 0 Å². The van der Waals surface area contributed by atoms with Crippen LogP contribution in [0, 0.1) is 5.92 Å². The summed E-state index contributed by atoms with van der Waals surface area (Å²) in [6.07, 6.45) is 8.68. The topological polar surface area (TPSA) is 54.0 Å². The summed E-state index contributed by atoms with van der Waals surface area (Å²) in [6.45, 7) is 5.34. The molecule has 1 aromatic heterocycles. The predicted octanol–water partition coefficient (Wildman–Crippen LogP) is 3.60. The van der Waals surface area contributed by atoms with Crippen LogP contribution >= 0.6 is 0 Å². The number of nitrogens with zero attached hydrogens (tertiary/aromatic N) is 1. The first-order chi connectivity index (χ1) is 10.2. The van der Waals surface area contributed by atoms with Crippen molar-refractivity contribution in [2.45, 2.75) is 58.4 Å². The van der Waals surface area contributed by atoms with Crippen molar-refractivity contribution < 1.29 is 4.79 Å². The first-order valence-electron chi connectivity index (χ1n) is 8.19. The summed E-state index contributed by atoms with van der Waals surface area (Å²) in [5.41, 5.74) is 1.48. The average molecular weight is 289 g/mol. The molecule has 1 heterocycles. The average Bonchev–Trinajstić information content (AvgIpc) is 2.70. The summed E-state index contributed by atoms with van der Waals surface area (Å²) in [5, 5.41) is 6.40. The van der Waals surface area contributed by atoms with E-state index in [1.54, 1.807) is 12.3 Å². The Hall–Kier alpha value is -1.58. The third-order valence-corrected chi connectivity index (χ3v) is 4.17. The Bertz CT molecular complexity index is 444. The Kier molecular flexibility index (Phi) is 6.03. The van der Waals surface area contributed by atoms with Gasteiger partial charge in [-0.05, 0) is 43.7 Å². The van der Waals surface area contributed by atoms with Gasteiger partial charge in [0, 0.05) is 12.6 Å². The molecule has 1 amide bonds. The molecule has 4 nitrogen and oxygen atoms in total. The van der Waals surface area contributed by atoms with Crippen LogP contribution < -0.4 is 10.6 Å². The molecule has 1 aliphatic rings. The van der Waals surface area contributed by atoms with Crippen LogP contribution in [0.2, 0.25) is 0 Å². The van der Waals surface area contributed by atoms with Crippen LogP contribution in [-0.2, 0) is 0 Å². The van der Waals surface area contributed by atoms with Gasteiger partial charge in [-0.2, -0.15) is 0 Å².